The molecule has 0 atom stereocenters. The molecule has 0 spiro atoms. The molecule has 0 saturated carbocycles. The van der Waals surface area contributed by atoms with Crippen molar-refractivity contribution in [1.29, 1.82) is 5.26 Å². The van der Waals surface area contributed by atoms with Gasteiger partial charge in [-0.1, -0.05) is 69.4 Å². The van der Waals surface area contributed by atoms with Crippen LogP contribution in [-0.2, 0) is 0 Å². The van der Waals surface area contributed by atoms with Gasteiger partial charge < -0.3 is 4.74 Å². The van der Waals surface area contributed by atoms with E-state index in [0.29, 0.717) is 29.0 Å². The monoisotopic (exact) mass is 335 g/mol. The zero-order chi connectivity index (χ0) is 17.9. The summed E-state index contributed by atoms with van der Waals surface area (Å²) in [6, 6.07) is 16.2. The van der Waals surface area contributed by atoms with Crippen LogP contribution in [0.1, 0.15) is 66.9 Å². The maximum absolute atomic E-state index is 12.5. The number of ketones is 1. The Morgan fingerprint density at radius 2 is 1.72 bits per heavy atom. The second-order valence-corrected chi connectivity index (χ2v) is 6.13. The Hall–Kier alpha value is -2.60. The van der Waals surface area contributed by atoms with E-state index < -0.39 is 0 Å². The molecule has 2 rings (SSSR count). The van der Waals surface area contributed by atoms with Crippen LogP contribution in [0.15, 0.2) is 48.5 Å². The summed E-state index contributed by atoms with van der Waals surface area (Å²) in [4.78, 5) is 12.5. The fourth-order valence-electron chi connectivity index (χ4n) is 2.72. The third-order valence-electron chi connectivity index (χ3n) is 4.16. The zero-order valence-electron chi connectivity index (χ0n) is 14.8. The van der Waals surface area contributed by atoms with Gasteiger partial charge in [0.1, 0.15) is 11.8 Å². The Morgan fingerprint density at radius 1 is 1.00 bits per heavy atom. The van der Waals surface area contributed by atoms with Gasteiger partial charge in [-0.3, -0.25) is 4.79 Å². The smallest absolute Gasteiger partial charge is 0.194 e. The van der Waals surface area contributed by atoms with Crippen molar-refractivity contribution in [2.24, 2.45) is 0 Å². The number of carbonyl (C=O) groups is 1. The summed E-state index contributed by atoms with van der Waals surface area (Å²) >= 11 is 0. The molecule has 0 N–H and O–H groups in total. The number of carbonyl (C=O) groups excluding carboxylic acids is 1. The summed E-state index contributed by atoms with van der Waals surface area (Å²) in [7, 11) is 0. The van der Waals surface area contributed by atoms with Crippen LogP contribution < -0.4 is 4.74 Å². The number of hydrogen-bond acceptors (Lipinski definition) is 3. The van der Waals surface area contributed by atoms with Gasteiger partial charge in [-0.25, -0.2) is 0 Å². The van der Waals surface area contributed by atoms with Gasteiger partial charge in [0.05, 0.1) is 12.2 Å². The fourth-order valence-corrected chi connectivity index (χ4v) is 2.72. The topological polar surface area (TPSA) is 50.1 Å². The molecular weight excluding hydrogens is 310 g/mol. The molecule has 3 heteroatoms. The number of nitrogens with zero attached hydrogens (tertiary/aromatic N) is 1. The van der Waals surface area contributed by atoms with Gasteiger partial charge in [0.15, 0.2) is 5.78 Å². The van der Waals surface area contributed by atoms with Crippen LogP contribution >= 0.6 is 0 Å². The normalized spacial score (nSPS) is 10.2. The molecule has 0 saturated heterocycles. The average Bonchev–Trinajstić information content (AvgIpc) is 2.67. The first-order chi connectivity index (χ1) is 12.3. The van der Waals surface area contributed by atoms with E-state index in [0.717, 1.165) is 12.8 Å². The van der Waals surface area contributed by atoms with E-state index in [4.69, 9.17) is 4.74 Å². The maximum atomic E-state index is 12.5. The fraction of sp³-hybridized carbons (Fsp3) is 0.364. The highest BCUT2D eigenvalue weighted by Gasteiger charge is 2.14. The summed E-state index contributed by atoms with van der Waals surface area (Å²) in [5.74, 6) is 0.509. The van der Waals surface area contributed by atoms with Crippen LogP contribution in [0, 0.1) is 11.3 Å². The molecule has 2 aromatic rings. The first-order valence-corrected chi connectivity index (χ1v) is 9.03. The van der Waals surface area contributed by atoms with E-state index in [1.165, 1.54) is 25.7 Å². The molecule has 25 heavy (non-hydrogen) atoms. The van der Waals surface area contributed by atoms with E-state index in [-0.39, 0.29) is 5.78 Å². The molecule has 0 heterocycles. The zero-order valence-corrected chi connectivity index (χ0v) is 14.8. The Kier molecular flexibility index (Phi) is 7.72. The summed E-state index contributed by atoms with van der Waals surface area (Å²) in [6.07, 6.45) is 7.24. The maximum Gasteiger partial charge on any atom is 0.194 e. The molecule has 0 amide bonds. The first kappa shape index (κ1) is 18.7. The van der Waals surface area contributed by atoms with Crippen molar-refractivity contribution in [3.63, 3.8) is 0 Å². The van der Waals surface area contributed by atoms with Crippen molar-refractivity contribution in [3.8, 4) is 11.8 Å². The molecule has 0 aliphatic rings. The van der Waals surface area contributed by atoms with Gasteiger partial charge in [0.2, 0.25) is 0 Å². The van der Waals surface area contributed by atoms with E-state index in [9.17, 15) is 10.1 Å². The highest BCUT2D eigenvalue weighted by molar-refractivity contribution is 6.10. The van der Waals surface area contributed by atoms with Gasteiger partial charge in [0.25, 0.3) is 0 Å². The van der Waals surface area contributed by atoms with E-state index >= 15 is 0 Å². The lowest BCUT2D eigenvalue weighted by Crippen LogP contribution is -2.05. The van der Waals surface area contributed by atoms with Gasteiger partial charge >= 0.3 is 0 Å². The van der Waals surface area contributed by atoms with E-state index in [1.54, 1.807) is 30.3 Å². The highest BCUT2D eigenvalue weighted by atomic mass is 16.5. The van der Waals surface area contributed by atoms with Crippen LogP contribution in [0.25, 0.3) is 0 Å². The molecule has 3 nitrogen and oxygen atoms in total. The minimum Gasteiger partial charge on any atom is -0.494 e. The van der Waals surface area contributed by atoms with Crippen molar-refractivity contribution < 1.29 is 9.53 Å². The Morgan fingerprint density at radius 3 is 2.44 bits per heavy atom. The lowest BCUT2D eigenvalue weighted by atomic mass is 9.99. The van der Waals surface area contributed by atoms with E-state index in [1.807, 2.05) is 18.2 Å². The largest absolute Gasteiger partial charge is 0.494 e. The van der Waals surface area contributed by atoms with Crippen molar-refractivity contribution in [2.75, 3.05) is 6.61 Å². The molecule has 130 valence electrons. The minimum atomic E-state index is -0.139. The standard InChI is InChI=1S/C22H25NO2/c1-2-3-4-5-6-10-15-25-20-13-14-21(19(16-20)17-23)22(24)18-11-8-7-9-12-18/h7-9,11-14,16H,2-6,10,15H2,1H3. The number of nitriles is 1. The second kappa shape index (κ2) is 10.3. The highest BCUT2D eigenvalue weighted by Crippen LogP contribution is 2.21. The third-order valence-corrected chi connectivity index (χ3v) is 4.16. The predicted molar refractivity (Wildman–Crippen MR) is 99.9 cm³/mol. The molecule has 0 aliphatic heterocycles. The quantitative estimate of drug-likeness (QED) is 0.424. The molecule has 0 fully saturated rings. The Bertz CT molecular complexity index is 717. The van der Waals surface area contributed by atoms with E-state index in [2.05, 4.69) is 13.0 Å². The number of ether oxygens (including phenoxy) is 1. The van der Waals surface area contributed by atoms with Crippen molar-refractivity contribution in [1.82, 2.24) is 0 Å². The van der Waals surface area contributed by atoms with Gasteiger partial charge in [-0.15, -0.1) is 0 Å². The lowest BCUT2D eigenvalue weighted by molar-refractivity contribution is 0.103. The van der Waals surface area contributed by atoms with Crippen LogP contribution in [-0.4, -0.2) is 12.4 Å². The first-order valence-electron chi connectivity index (χ1n) is 9.03. The van der Waals surface area contributed by atoms with Crippen molar-refractivity contribution in [3.05, 3.63) is 65.2 Å². The molecule has 0 unspecified atom stereocenters. The number of rotatable bonds is 10. The average molecular weight is 335 g/mol. The molecule has 0 aliphatic carbocycles. The minimum absolute atomic E-state index is 0.139. The number of hydrogen-bond donors (Lipinski definition) is 0. The van der Waals surface area contributed by atoms with Crippen LogP contribution in [0.4, 0.5) is 0 Å². The van der Waals surface area contributed by atoms with Crippen LogP contribution in [0.2, 0.25) is 0 Å². The summed E-state index contributed by atoms with van der Waals surface area (Å²) in [6.45, 7) is 2.85. The van der Waals surface area contributed by atoms with Gasteiger partial charge in [0, 0.05) is 11.1 Å². The Balaban J connectivity index is 1.93. The van der Waals surface area contributed by atoms with Gasteiger partial charge in [-0.2, -0.15) is 5.26 Å². The molecule has 0 aromatic heterocycles. The van der Waals surface area contributed by atoms with Crippen LogP contribution in [0.3, 0.4) is 0 Å². The third kappa shape index (κ3) is 5.76. The second-order valence-electron chi connectivity index (χ2n) is 6.13. The molecule has 2 aromatic carbocycles. The van der Waals surface area contributed by atoms with Crippen LogP contribution in [0.5, 0.6) is 5.75 Å². The SMILES string of the molecule is CCCCCCCCOc1ccc(C(=O)c2ccccc2)c(C#N)c1. The summed E-state index contributed by atoms with van der Waals surface area (Å²) < 4.78 is 5.73. The molecule has 0 bridgehead atoms. The van der Waals surface area contributed by atoms with Gasteiger partial charge in [-0.05, 0) is 24.6 Å². The Labute approximate surface area is 150 Å². The number of benzene rings is 2. The van der Waals surface area contributed by atoms with Crippen molar-refractivity contribution >= 4 is 5.78 Å². The predicted octanol–water partition coefficient (Wildman–Crippen LogP) is 5.53. The summed E-state index contributed by atoms with van der Waals surface area (Å²) in [5, 5.41) is 9.37. The molecular formula is C22H25NO2. The summed E-state index contributed by atoms with van der Waals surface area (Å²) in [5.41, 5.74) is 1.36. The van der Waals surface area contributed by atoms with Crippen molar-refractivity contribution in [2.45, 2.75) is 45.4 Å². The molecule has 0 radical (unpaired) electrons. The lowest BCUT2D eigenvalue weighted by Gasteiger charge is -2.09. The number of unbranched alkanes of at least 4 members (excludes halogenated alkanes) is 5.